The normalized spacial score (nSPS) is 10.4. The van der Waals surface area contributed by atoms with Crippen molar-refractivity contribution in [2.75, 3.05) is 5.73 Å². The molecule has 0 radical (unpaired) electrons. The number of rotatable bonds is 3. The molecule has 2 N–H and O–H groups in total. The van der Waals surface area contributed by atoms with Gasteiger partial charge in [-0.15, -0.1) is 0 Å². The summed E-state index contributed by atoms with van der Waals surface area (Å²) in [5, 5.41) is 4.50. The molecule has 2 rings (SSSR count). The van der Waals surface area contributed by atoms with Crippen LogP contribution in [0, 0.1) is 0 Å². The first-order chi connectivity index (χ1) is 7.66. The first-order valence-corrected chi connectivity index (χ1v) is 5.20. The Hall–Kier alpha value is -1.39. The van der Waals surface area contributed by atoms with Crippen molar-refractivity contribution in [2.24, 2.45) is 0 Å². The largest absolute Gasteiger partial charge is 0.486 e. The molecule has 1 aromatic heterocycles. The van der Waals surface area contributed by atoms with Gasteiger partial charge >= 0.3 is 0 Å². The number of aromatic nitrogens is 1. The Morgan fingerprint density at radius 3 is 2.88 bits per heavy atom. The molecule has 0 aliphatic rings. The maximum absolute atomic E-state index is 5.94. The Kier molecular flexibility index (Phi) is 3.22. The number of nitrogens with zero attached hydrogens (tertiary/aromatic N) is 1. The van der Waals surface area contributed by atoms with Gasteiger partial charge in [-0.2, -0.15) is 0 Å². The van der Waals surface area contributed by atoms with Crippen LogP contribution < -0.4 is 10.5 Å². The highest BCUT2D eigenvalue weighted by atomic mass is 35.5. The van der Waals surface area contributed by atoms with Crippen LogP contribution in [-0.4, -0.2) is 5.16 Å². The molecular formula is C10H8Cl2N2O2. The number of hydrogen-bond donors (Lipinski definition) is 1. The first kappa shape index (κ1) is 11.1. The molecule has 0 unspecified atom stereocenters. The van der Waals surface area contributed by atoms with Gasteiger partial charge in [-0.05, 0) is 12.1 Å². The van der Waals surface area contributed by atoms with Gasteiger partial charge in [0.1, 0.15) is 23.1 Å². The summed E-state index contributed by atoms with van der Waals surface area (Å²) in [6, 6.07) is 6.74. The van der Waals surface area contributed by atoms with Crippen LogP contribution in [0.25, 0.3) is 0 Å². The lowest BCUT2D eigenvalue weighted by Crippen LogP contribution is -1.96. The van der Waals surface area contributed by atoms with E-state index in [1.807, 2.05) is 0 Å². The van der Waals surface area contributed by atoms with Gasteiger partial charge < -0.3 is 15.0 Å². The number of halogens is 2. The third-order valence-corrected chi connectivity index (χ3v) is 2.67. The summed E-state index contributed by atoms with van der Waals surface area (Å²) >= 11 is 11.8. The van der Waals surface area contributed by atoms with Crippen LogP contribution in [-0.2, 0) is 6.61 Å². The van der Waals surface area contributed by atoms with E-state index in [9.17, 15) is 0 Å². The minimum absolute atomic E-state index is 0.223. The van der Waals surface area contributed by atoms with Gasteiger partial charge in [0.2, 0.25) is 5.88 Å². The average molecular weight is 259 g/mol. The minimum Gasteiger partial charge on any atom is -0.486 e. The lowest BCUT2D eigenvalue weighted by atomic mass is 10.3. The molecule has 2 aromatic rings. The van der Waals surface area contributed by atoms with E-state index in [1.165, 1.54) is 0 Å². The molecule has 0 aliphatic carbocycles. The third kappa shape index (κ3) is 2.40. The van der Waals surface area contributed by atoms with Gasteiger partial charge in [-0.25, -0.2) is 0 Å². The smallest absolute Gasteiger partial charge is 0.222 e. The van der Waals surface area contributed by atoms with Crippen LogP contribution in [0.2, 0.25) is 10.0 Å². The molecule has 1 heterocycles. The SMILES string of the molecule is Nc1cc(COc2cccc(Cl)c2Cl)no1. The zero-order chi connectivity index (χ0) is 11.5. The number of nitrogen functional groups attached to an aromatic ring is 1. The highest BCUT2D eigenvalue weighted by Gasteiger charge is 2.07. The summed E-state index contributed by atoms with van der Waals surface area (Å²) in [5.41, 5.74) is 5.96. The van der Waals surface area contributed by atoms with Gasteiger partial charge in [0.05, 0.1) is 5.02 Å². The summed E-state index contributed by atoms with van der Waals surface area (Å²) in [5.74, 6) is 0.742. The molecule has 6 heteroatoms. The van der Waals surface area contributed by atoms with E-state index in [1.54, 1.807) is 24.3 Å². The molecule has 4 nitrogen and oxygen atoms in total. The molecule has 0 atom stereocenters. The number of benzene rings is 1. The quantitative estimate of drug-likeness (QED) is 0.919. The van der Waals surface area contributed by atoms with Gasteiger partial charge in [-0.3, -0.25) is 0 Å². The molecule has 0 amide bonds. The summed E-state index contributed by atoms with van der Waals surface area (Å²) < 4.78 is 10.1. The summed E-state index contributed by atoms with van der Waals surface area (Å²) in [6.45, 7) is 0.223. The van der Waals surface area contributed by atoms with Crippen LogP contribution in [0.1, 0.15) is 5.69 Å². The highest BCUT2D eigenvalue weighted by molar-refractivity contribution is 6.42. The lowest BCUT2D eigenvalue weighted by molar-refractivity contribution is 0.290. The predicted molar refractivity (Wildman–Crippen MR) is 61.7 cm³/mol. The molecule has 0 bridgehead atoms. The van der Waals surface area contributed by atoms with Crippen molar-refractivity contribution in [3.63, 3.8) is 0 Å². The summed E-state index contributed by atoms with van der Waals surface area (Å²) in [4.78, 5) is 0. The molecular weight excluding hydrogens is 251 g/mol. The van der Waals surface area contributed by atoms with Crippen molar-refractivity contribution in [2.45, 2.75) is 6.61 Å². The van der Waals surface area contributed by atoms with E-state index >= 15 is 0 Å². The van der Waals surface area contributed by atoms with Crippen LogP contribution in [0.5, 0.6) is 5.75 Å². The van der Waals surface area contributed by atoms with Crippen LogP contribution in [0.3, 0.4) is 0 Å². The maximum atomic E-state index is 5.94. The Balaban J connectivity index is 2.07. The topological polar surface area (TPSA) is 61.3 Å². The Bertz CT molecular complexity index is 499. The Morgan fingerprint density at radius 2 is 2.19 bits per heavy atom. The standard InChI is InChI=1S/C10H8Cl2N2O2/c11-7-2-1-3-8(10(7)12)15-5-6-4-9(13)16-14-6/h1-4H,5,13H2. The zero-order valence-electron chi connectivity index (χ0n) is 8.11. The van der Waals surface area contributed by atoms with Gasteiger partial charge in [-0.1, -0.05) is 34.4 Å². The molecule has 0 saturated carbocycles. The first-order valence-electron chi connectivity index (χ1n) is 4.44. The average Bonchev–Trinajstić information content (AvgIpc) is 2.67. The van der Waals surface area contributed by atoms with E-state index in [0.717, 1.165) is 0 Å². The van der Waals surface area contributed by atoms with E-state index in [4.69, 9.17) is 38.2 Å². The second-order valence-electron chi connectivity index (χ2n) is 3.06. The maximum Gasteiger partial charge on any atom is 0.222 e. The van der Waals surface area contributed by atoms with Crippen molar-refractivity contribution in [1.29, 1.82) is 0 Å². The van der Waals surface area contributed by atoms with E-state index in [2.05, 4.69) is 5.16 Å². The molecule has 0 spiro atoms. The van der Waals surface area contributed by atoms with Crippen molar-refractivity contribution in [3.05, 3.63) is 40.0 Å². The molecule has 84 valence electrons. The molecule has 0 aliphatic heterocycles. The van der Waals surface area contributed by atoms with E-state index < -0.39 is 0 Å². The van der Waals surface area contributed by atoms with Crippen LogP contribution in [0.4, 0.5) is 5.88 Å². The Morgan fingerprint density at radius 1 is 1.38 bits per heavy atom. The summed E-state index contributed by atoms with van der Waals surface area (Å²) in [7, 11) is 0. The van der Waals surface area contributed by atoms with E-state index in [-0.39, 0.29) is 12.5 Å². The van der Waals surface area contributed by atoms with Crippen molar-refractivity contribution in [3.8, 4) is 5.75 Å². The van der Waals surface area contributed by atoms with Crippen LogP contribution >= 0.6 is 23.2 Å². The molecule has 1 aromatic carbocycles. The number of anilines is 1. The van der Waals surface area contributed by atoms with Gasteiger partial charge in [0, 0.05) is 6.07 Å². The minimum atomic E-state index is 0.223. The van der Waals surface area contributed by atoms with Crippen LogP contribution in [0.15, 0.2) is 28.8 Å². The third-order valence-electron chi connectivity index (χ3n) is 1.87. The second kappa shape index (κ2) is 4.63. The number of hydrogen-bond acceptors (Lipinski definition) is 4. The molecule has 0 saturated heterocycles. The second-order valence-corrected chi connectivity index (χ2v) is 3.85. The fourth-order valence-electron chi connectivity index (χ4n) is 1.14. The zero-order valence-corrected chi connectivity index (χ0v) is 9.63. The summed E-state index contributed by atoms with van der Waals surface area (Å²) in [6.07, 6.45) is 0. The number of nitrogens with two attached hydrogens (primary N) is 1. The van der Waals surface area contributed by atoms with Crippen molar-refractivity contribution in [1.82, 2.24) is 5.16 Å². The van der Waals surface area contributed by atoms with Gasteiger partial charge in [0.25, 0.3) is 0 Å². The van der Waals surface area contributed by atoms with Crippen molar-refractivity contribution < 1.29 is 9.26 Å². The fraction of sp³-hybridized carbons (Fsp3) is 0.100. The predicted octanol–water partition coefficient (Wildman–Crippen LogP) is 3.14. The molecule has 0 fully saturated rings. The lowest BCUT2D eigenvalue weighted by Gasteiger charge is -2.06. The van der Waals surface area contributed by atoms with E-state index in [0.29, 0.717) is 21.5 Å². The monoisotopic (exact) mass is 258 g/mol. The number of ether oxygens (including phenoxy) is 1. The van der Waals surface area contributed by atoms with Crippen molar-refractivity contribution >= 4 is 29.1 Å². The van der Waals surface area contributed by atoms with Gasteiger partial charge in [0.15, 0.2) is 0 Å². The highest BCUT2D eigenvalue weighted by Crippen LogP contribution is 2.31. The fourth-order valence-corrected chi connectivity index (χ4v) is 1.49. The Labute approximate surface area is 102 Å². The molecule has 16 heavy (non-hydrogen) atoms.